The first kappa shape index (κ1) is 21.9. The number of carbonyl (C=O) groups excluding carboxylic acids is 1. The summed E-state index contributed by atoms with van der Waals surface area (Å²) in [7, 11) is 0. The number of primary amides is 1. The number of morpholine rings is 1. The van der Waals surface area contributed by atoms with Gasteiger partial charge in [-0.25, -0.2) is 19.9 Å². The summed E-state index contributed by atoms with van der Waals surface area (Å²) in [5.41, 5.74) is 12.8. The van der Waals surface area contributed by atoms with Gasteiger partial charge in [-0.1, -0.05) is 0 Å². The number of hydrogen-bond donors (Lipinski definition) is 2. The van der Waals surface area contributed by atoms with Gasteiger partial charge in [-0.2, -0.15) is 0 Å². The molecule has 2 saturated heterocycles. The van der Waals surface area contributed by atoms with E-state index in [1.165, 1.54) is 4.88 Å². The summed E-state index contributed by atoms with van der Waals surface area (Å²) in [6.07, 6.45) is 5.96. The molecule has 0 atom stereocenters. The molecule has 11 heteroatoms. The van der Waals surface area contributed by atoms with Gasteiger partial charge in [-0.3, -0.25) is 4.79 Å². The van der Waals surface area contributed by atoms with Crippen molar-refractivity contribution in [2.45, 2.75) is 19.3 Å². The molecule has 33 heavy (non-hydrogen) atoms. The quantitative estimate of drug-likeness (QED) is 0.548. The zero-order chi connectivity index (χ0) is 22.8. The molecule has 5 rings (SSSR count). The van der Waals surface area contributed by atoms with Crippen molar-refractivity contribution in [1.29, 1.82) is 0 Å². The molecule has 3 aromatic rings. The van der Waals surface area contributed by atoms with Crippen molar-refractivity contribution in [1.82, 2.24) is 24.8 Å². The molecule has 10 nitrogen and oxygen atoms in total. The van der Waals surface area contributed by atoms with Gasteiger partial charge in [0.1, 0.15) is 0 Å². The van der Waals surface area contributed by atoms with Gasteiger partial charge in [-0.05, 0) is 38.4 Å². The number of carbonyl (C=O) groups is 1. The lowest BCUT2D eigenvalue weighted by Gasteiger charge is -2.30. The van der Waals surface area contributed by atoms with Crippen molar-refractivity contribution in [2.75, 3.05) is 56.6 Å². The number of nitrogens with zero attached hydrogens (tertiary/aromatic N) is 6. The van der Waals surface area contributed by atoms with Gasteiger partial charge < -0.3 is 26.0 Å². The molecule has 0 saturated carbocycles. The second-order valence-corrected chi connectivity index (χ2v) is 9.63. The zero-order valence-corrected chi connectivity index (χ0v) is 19.3. The Bertz CT molecular complexity index is 1120. The molecule has 0 aliphatic carbocycles. The first-order valence-corrected chi connectivity index (χ1v) is 12.1. The number of likely N-dealkylation sites (tertiary alicyclic amines) is 1. The van der Waals surface area contributed by atoms with Crippen LogP contribution >= 0.6 is 11.3 Å². The van der Waals surface area contributed by atoms with Crippen molar-refractivity contribution in [3.8, 4) is 11.4 Å². The number of fused-ring (bicyclic) bond motifs is 1. The van der Waals surface area contributed by atoms with Gasteiger partial charge in [0.15, 0.2) is 11.6 Å². The summed E-state index contributed by atoms with van der Waals surface area (Å²) < 4.78 is 6.64. The van der Waals surface area contributed by atoms with Gasteiger partial charge >= 0.3 is 0 Å². The van der Waals surface area contributed by atoms with Crippen LogP contribution in [0.25, 0.3) is 21.6 Å². The molecule has 2 fully saturated rings. The average molecular weight is 469 g/mol. The third-order valence-corrected chi connectivity index (χ3v) is 7.49. The molecule has 0 aromatic carbocycles. The smallest absolute Gasteiger partial charge is 0.220 e. The molecular formula is C22H28N8O2S. The molecule has 5 heterocycles. The molecule has 2 aliphatic heterocycles. The van der Waals surface area contributed by atoms with Gasteiger partial charge in [-0.15, -0.1) is 11.3 Å². The first-order chi connectivity index (χ1) is 16.1. The SMILES string of the molecule is NC(=O)C1CCN(CCc2cc3nc(-c4cnc(N)nc4)nc(N4CCOCC4)c3s2)CC1. The summed E-state index contributed by atoms with van der Waals surface area (Å²) in [6, 6.07) is 2.17. The van der Waals surface area contributed by atoms with Gasteiger partial charge in [0.05, 0.1) is 29.0 Å². The molecule has 2 aliphatic rings. The number of amides is 1. The molecule has 174 valence electrons. The fraction of sp³-hybridized carbons (Fsp3) is 0.500. The van der Waals surface area contributed by atoms with Crippen LogP contribution in [-0.4, -0.2) is 76.7 Å². The van der Waals surface area contributed by atoms with Crippen LogP contribution in [0.5, 0.6) is 0 Å². The van der Waals surface area contributed by atoms with E-state index in [0.717, 1.165) is 73.6 Å². The Morgan fingerprint density at radius 1 is 1.12 bits per heavy atom. The van der Waals surface area contributed by atoms with E-state index in [1.807, 2.05) is 0 Å². The van der Waals surface area contributed by atoms with Crippen LogP contribution in [0.15, 0.2) is 18.5 Å². The number of ether oxygens (including phenoxy) is 1. The zero-order valence-electron chi connectivity index (χ0n) is 18.4. The molecule has 0 bridgehead atoms. The van der Waals surface area contributed by atoms with Crippen LogP contribution in [0.3, 0.4) is 0 Å². The predicted octanol–water partition coefficient (Wildman–Crippen LogP) is 1.31. The number of aromatic nitrogens is 4. The van der Waals surface area contributed by atoms with E-state index in [2.05, 4.69) is 25.8 Å². The number of nitrogens with two attached hydrogens (primary N) is 2. The van der Waals surface area contributed by atoms with Crippen LogP contribution in [-0.2, 0) is 16.0 Å². The molecule has 0 unspecified atom stereocenters. The highest BCUT2D eigenvalue weighted by Gasteiger charge is 2.24. The standard InChI is InChI=1S/C22H28N8O2S/c23-19(31)14-1-4-29(5-2-14)6-3-16-11-17-18(33-16)21(30-7-9-32-10-8-30)28-20(27-17)15-12-25-22(24)26-13-15/h11-14H,1-10H2,(H2,23,31)(H2,24,25,26). The Labute approximate surface area is 196 Å². The number of piperidine rings is 1. The minimum atomic E-state index is -0.171. The lowest BCUT2D eigenvalue weighted by atomic mass is 9.96. The minimum absolute atomic E-state index is 0.0210. The van der Waals surface area contributed by atoms with E-state index in [9.17, 15) is 4.79 Å². The van der Waals surface area contributed by atoms with Crippen molar-refractivity contribution in [2.24, 2.45) is 11.7 Å². The number of anilines is 2. The Morgan fingerprint density at radius 2 is 1.85 bits per heavy atom. The van der Waals surface area contributed by atoms with Gasteiger partial charge in [0.2, 0.25) is 11.9 Å². The topological polar surface area (TPSA) is 136 Å². The normalized spacial score (nSPS) is 18.1. The number of rotatable bonds is 6. The molecule has 4 N–H and O–H groups in total. The lowest BCUT2D eigenvalue weighted by molar-refractivity contribution is -0.123. The van der Waals surface area contributed by atoms with Crippen LogP contribution in [0, 0.1) is 5.92 Å². The predicted molar refractivity (Wildman–Crippen MR) is 128 cm³/mol. The summed E-state index contributed by atoms with van der Waals surface area (Å²) in [5.74, 6) is 1.62. The van der Waals surface area contributed by atoms with Crippen LogP contribution in [0.1, 0.15) is 17.7 Å². The highest BCUT2D eigenvalue weighted by molar-refractivity contribution is 7.19. The van der Waals surface area contributed by atoms with Crippen molar-refractivity contribution >= 4 is 39.2 Å². The molecule has 0 spiro atoms. The third-order valence-electron chi connectivity index (χ3n) is 6.31. The Hall–Kier alpha value is -2.89. The van der Waals surface area contributed by atoms with Crippen LogP contribution < -0.4 is 16.4 Å². The van der Waals surface area contributed by atoms with E-state index < -0.39 is 0 Å². The monoisotopic (exact) mass is 468 g/mol. The second-order valence-electron chi connectivity index (χ2n) is 8.50. The summed E-state index contributed by atoms with van der Waals surface area (Å²) in [6.45, 7) is 5.75. The minimum Gasteiger partial charge on any atom is -0.378 e. The molecule has 3 aromatic heterocycles. The Morgan fingerprint density at radius 3 is 2.55 bits per heavy atom. The highest BCUT2D eigenvalue weighted by atomic mass is 32.1. The Kier molecular flexibility index (Phi) is 6.34. The Balaban J connectivity index is 1.39. The number of thiophene rings is 1. The van der Waals surface area contributed by atoms with Crippen molar-refractivity contribution in [3.63, 3.8) is 0 Å². The fourth-order valence-corrected chi connectivity index (χ4v) is 5.47. The van der Waals surface area contributed by atoms with Crippen LogP contribution in [0.4, 0.5) is 11.8 Å². The van der Waals surface area contributed by atoms with E-state index in [-0.39, 0.29) is 17.8 Å². The van der Waals surface area contributed by atoms with Gasteiger partial charge in [0.25, 0.3) is 0 Å². The highest BCUT2D eigenvalue weighted by Crippen LogP contribution is 2.34. The van der Waals surface area contributed by atoms with Crippen molar-refractivity contribution in [3.05, 3.63) is 23.3 Å². The van der Waals surface area contributed by atoms with Gasteiger partial charge in [0, 0.05) is 42.8 Å². The third kappa shape index (κ3) is 4.90. The maximum Gasteiger partial charge on any atom is 0.220 e. The molecule has 1 amide bonds. The fourth-order valence-electron chi connectivity index (χ4n) is 4.37. The first-order valence-electron chi connectivity index (χ1n) is 11.3. The average Bonchev–Trinajstić information content (AvgIpc) is 3.26. The van der Waals surface area contributed by atoms with E-state index in [4.69, 9.17) is 26.2 Å². The summed E-state index contributed by atoms with van der Waals surface area (Å²) >= 11 is 1.76. The molecule has 0 radical (unpaired) electrons. The number of nitrogen functional groups attached to an aromatic ring is 1. The van der Waals surface area contributed by atoms with E-state index in [0.29, 0.717) is 19.0 Å². The van der Waals surface area contributed by atoms with Crippen molar-refractivity contribution < 1.29 is 9.53 Å². The molecular weight excluding hydrogens is 440 g/mol. The van der Waals surface area contributed by atoms with E-state index >= 15 is 0 Å². The summed E-state index contributed by atoms with van der Waals surface area (Å²) in [4.78, 5) is 35.3. The second kappa shape index (κ2) is 9.54. The maximum absolute atomic E-state index is 11.4. The largest absolute Gasteiger partial charge is 0.378 e. The van der Waals surface area contributed by atoms with Crippen LogP contribution in [0.2, 0.25) is 0 Å². The van der Waals surface area contributed by atoms with E-state index in [1.54, 1.807) is 23.7 Å². The number of hydrogen-bond acceptors (Lipinski definition) is 10. The maximum atomic E-state index is 11.4. The summed E-state index contributed by atoms with van der Waals surface area (Å²) in [5, 5.41) is 0. The lowest BCUT2D eigenvalue weighted by Crippen LogP contribution is -2.39.